The summed E-state index contributed by atoms with van der Waals surface area (Å²) in [5.41, 5.74) is 0. The lowest BCUT2D eigenvalue weighted by Crippen LogP contribution is -2.31. The molecule has 0 unspecified atom stereocenters. The van der Waals surface area contributed by atoms with E-state index in [1.807, 2.05) is 0 Å². The maximum Gasteiger partial charge on any atom is 0.257 e. The zero-order valence-electron chi connectivity index (χ0n) is 10.9. The minimum Gasteiger partial charge on any atom is -0.332 e. The van der Waals surface area contributed by atoms with Gasteiger partial charge in [-0.15, -0.1) is 0 Å². The highest BCUT2D eigenvalue weighted by Crippen LogP contribution is 2.27. The van der Waals surface area contributed by atoms with E-state index >= 15 is 0 Å². The zero-order valence-corrected chi connectivity index (χ0v) is 11.8. The van der Waals surface area contributed by atoms with Crippen LogP contribution in [0.15, 0.2) is 11.2 Å². The first-order chi connectivity index (χ1) is 8.47. The van der Waals surface area contributed by atoms with Crippen molar-refractivity contribution in [1.29, 1.82) is 0 Å². The second-order valence-electron chi connectivity index (χ2n) is 5.31. The van der Waals surface area contributed by atoms with Crippen LogP contribution < -0.4 is 4.72 Å². The number of sulfonamides is 1. The standard InChI is InChI=1S/C12H21N3O2S/c1-9-3-5-11(6-4-9)7-14-18(16,17)12-8-13-10(2)15-12/h8-9,11,14H,3-7H2,1-2H3,(H,13,15). The molecule has 0 bridgehead atoms. The van der Waals surface area contributed by atoms with Gasteiger partial charge in [-0.3, -0.25) is 0 Å². The first kappa shape index (κ1) is 13.5. The summed E-state index contributed by atoms with van der Waals surface area (Å²) in [6.07, 6.45) is 6.00. The molecule has 1 aromatic heterocycles. The van der Waals surface area contributed by atoms with Gasteiger partial charge in [-0.1, -0.05) is 19.8 Å². The molecular weight excluding hydrogens is 250 g/mol. The van der Waals surface area contributed by atoms with Crippen molar-refractivity contribution >= 4 is 10.0 Å². The van der Waals surface area contributed by atoms with Crippen LogP contribution >= 0.6 is 0 Å². The summed E-state index contributed by atoms with van der Waals surface area (Å²) in [6, 6.07) is 0. The minimum atomic E-state index is -3.42. The van der Waals surface area contributed by atoms with Gasteiger partial charge in [0, 0.05) is 6.54 Å². The van der Waals surface area contributed by atoms with Gasteiger partial charge in [-0.25, -0.2) is 18.1 Å². The molecule has 0 aliphatic heterocycles. The van der Waals surface area contributed by atoms with Gasteiger partial charge in [0.1, 0.15) is 5.82 Å². The summed E-state index contributed by atoms with van der Waals surface area (Å²) >= 11 is 0. The predicted octanol–water partition coefficient (Wildman–Crippen LogP) is 1.82. The van der Waals surface area contributed by atoms with Gasteiger partial charge < -0.3 is 4.98 Å². The summed E-state index contributed by atoms with van der Waals surface area (Å²) in [5, 5.41) is 0.157. The largest absolute Gasteiger partial charge is 0.332 e. The van der Waals surface area contributed by atoms with E-state index in [1.54, 1.807) is 6.92 Å². The van der Waals surface area contributed by atoms with Crippen molar-refractivity contribution < 1.29 is 8.42 Å². The molecule has 1 aromatic rings. The van der Waals surface area contributed by atoms with Crippen molar-refractivity contribution in [1.82, 2.24) is 14.7 Å². The van der Waals surface area contributed by atoms with Crippen molar-refractivity contribution in [2.45, 2.75) is 44.6 Å². The third-order valence-electron chi connectivity index (χ3n) is 3.67. The van der Waals surface area contributed by atoms with Gasteiger partial charge in [0.25, 0.3) is 10.0 Å². The van der Waals surface area contributed by atoms with Crippen LogP contribution in [0.2, 0.25) is 0 Å². The summed E-state index contributed by atoms with van der Waals surface area (Å²) in [6.45, 7) is 4.53. The molecule has 6 heteroatoms. The first-order valence-electron chi connectivity index (χ1n) is 6.48. The Balaban J connectivity index is 1.90. The highest BCUT2D eigenvalue weighted by Gasteiger charge is 2.22. The Bertz CT molecular complexity index is 487. The average Bonchev–Trinajstić information content (AvgIpc) is 2.76. The number of nitrogens with zero attached hydrogens (tertiary/aromatic N) is 1. The molecule has 18 heavy (non-hydrogen) atoms. The summed E-state index contributed by atoms with van der Waals surface area (Å²) in [5.74, 6) is 1.87. The van der Waals surface area contributed by atoms with E-state index in [2.05, 4.69) is 21.6 Å². The van der Waals surface area contributed by atoms with Crippen molar-refractivity contribution in [3.05, 3.63) is 12.0 Å². The molecule has 2 N–H and O–H groups in total. The van der Waals surface area contributed by atoms with E-state index < -0.39 is 10.0 Å². The van der Waals surface area contributed by atoms with Crippen LogP contribution in [0.1, 0.15) is 38.4 Å². The van der Waals surface area contributed by atoms with Crippen LogP contribution in [0, 0.1) is 18.8 Å². The normalized spacial score (nSPS) is 25.2. The van der Waals surface area contributed by atoms with Crippen LogP contribution in [-0.4, -0.2) is 24.9 Å². The fraction of sp³-hybridized carbons (Fsp3) is 0.750. The second-order valence-corrected chi connectivity index (χ2v) is 7.05. The topological polar surface area (TPSA) is 74.8 Å². The Hall–Kier alpha value is -0.880. The van der Waals surface area contributed by atoms with E-state index in [1.165, 1.54) is 19.0 Å². The van der Waals surface area contributed by atoms with Gasteiger partial charge in [0.2, 0.25) is 0 Å². The Kier molecular flexibility index (Phi) is 4.07. The molecule has 0 radical (unpaired) electrons. The molecule has 5 nitrogen and oxygen atoms in total. The van der Waals surface area contributed by atoms with Crippen LogP contribution in [0.25, 0.3) is 0 Å². The molecule has 1 saturated carbocycles. The molecule has 2 rings (SSSR count). The van der Waals surface area contributed by atoms with Crippen molar-refractivity contribution in [3.63, 3.8) is 0 Å². The van der Waals surface area contributed by atoms with Gasteiger partial charge in [0.05, 0.1) is 6.20 Å². The van der Waals surface area contributed by atoms with Crippen molar-refractivity contribution in [2.24, 2.45) is 11.8 Å². The molecule has 1 heterocycles. The van der Waals surface area contributed by atoms with Gasteiger partial charge in [-0.2, -0.15) is 0 Å². The highest BCUT2D eigenvalue weighted by atomic mass is 32.2. The number of hydrogen-bond donors (Lipinski definition) is 2. The summed E-state index contributed by atoms with van der Waals surface area (Å²) in [4.78, 5) is 6.66. The number of aromatic amines is 1. The maximum atomic E-state index is 12.0. The molecule has 1 aliphatic rings. The SMILES string of the molecule is Cc1ncc(S(=O)(=O)NCC2CCC(C)CC2)[nH]1. The molecule has 0 aromatic carbocycles. The number of rotatable bonds is 4. The maximum absolute atomic E-state index is 12.0. The number of H-pyrrole nitrogens is 1. The molecule has 102 valence electrons. The molecular formula is C12H21N3O2S. The molecule has 0 atom stereocenters. The lowest BCUT2D eigenvalue weighted by molar-refractivity contribution is 0.290. The summed E-state index contributed by atoms with van der Waals surface area (Å²) < 4.78 is 26.6. The third-order valence-corrected chi connectivity index (χ3v) is 5.00. The van der Waals surface area contributed by atoms with E-state index in [0.717, 1.165) is 18.8 Å². The lowest BCUT2D eigenvalue weighted by Gasteiger charge is -2.25. The van der Waals surface area contributed by atoms with Crippen LogP contribution in [0.3, 0.4) is 0 Å². The fourth-order valence-corrected chi connectivity index (χ4v) is 3.46. The number of aromatic nitrogens is 2. The third kappa shape index (κ3) is 3.32. The monoisotopic (exact) mass is 271 g/mol. The van der Waals surface area contributed by atoms with Gasteiger partial charge in [-0.05, 0) is 31.6 Å². The molecule has 0 saturated heterocycles. The van der Waals surface area contributed by atoms with Crippen LogP contribution in [-0.2, 0) is 10.0 Å². The van der Waals surface area contributed by atoms with E-state index in [0.29, 0.717) is 18.3 Å². The quantitative estimate of drug-likeness (QED) is 0.877. The van der Waals surface area contributed by atoms with Crippen molar-refractivity contribution in [2.75, 3.05) is 6.54 Å². The van der Waals surface area contributed by atoms with Crippen LogP contribution in [0.4, 0.5) is 0 Å². The van der Waals surface area contributed by atoms with Gasteiger partial charge >= 0.3 is 0 Å². The fourth-order valence-electron chi connectivity index (χ4n) is 2.37. The van der Waals surface area contributed by atoms with E-state index in [4.69, 9.17) is 0 Å². The highest BCUT2D eigenvalue weighted by molar-refractivity contribution is 7.89. The Morgan fingerprint density at radius 2 is 2.06 bits per heavy atom. The van der Waals surface area contributed by atoms with Crippen LogP contribution in [0.5, 0.6) is 0 Å². The Morgan fingerprint density at radius 1 is 1.39 bits per heavy atom. The predicted molar refractivity (Wildman–Crippen MR) is 69.6 cm³/mol. The second kappa shape index (κ2) is 5.40. The molecule has 1 aliphatic carbocycles. The average molecular weight is 271 g/mol. The van der Waals surface area contributed by atoms with Crippen molar-refractivity contribution in [3.8, 4) is 0 Å². The number of aryl methyl sites for hydroxylation is 1. The molecule has 1 fully saturated rings. The Morgan fingerprint density at radius 3 is 2.61 bits per heavy atom. The van der Waals surface area contributed by atoms with Gasteiger partial charge in [0.15, 0.2) is 5.03 Å². The number of imidazole rings is 1. The number of hydrogen-bond acceptors (Lipinski definition) is 3. The smallest absolute Gasteiger partial charge is 0.257 e. The minimum absolute atomic E-state index is 0.157. The summed E-state index contributed by atoms with van der Waals surface area (Å²) in [7, 11) is -3.42. The van der Waals surface area contributed by atoms with E-state index in [-0.39, 0.29) is 5.03 Å². The molecule has 0 spiro atoms. The Labute approximate surface area is 108 Å². The lowest BCUT2D eigenvalue weighted by atomic mass is 9.83. The zero-order chi connectivity index (χ0) is 13.2. The van der Waals surface area contributed by atoms with E-state index in [9.17, 15) is 8.42 Å². The number of nitrogens with one attached hydrogen (secondary N) is 2. The molecule has 0 amide bonds. The first-order valence-corrected chi connectivity index (χ1v) is 7.97.